The minimum atomic E-state index is -6.46. The number of thioether (sulfide) groups is 1. The van der Waals surface area contributed by atoms with E-state index >= 15 is 0 Å². The number of halogens is 10. The van der Waals surface area contributed by atoms with Crippen molar-refractivity contribution in [3.05, 3.63) is 35.9 Å². The van der Waals surface area contributed by atoms with Crippen LogP contribution in [-0.4, -0.2) is 27.9 Å². The van der Waals surface area contributed by atoms with Gasteiger partial charge in [0, 0.05) is 5.75 Å². The molecule has 0 atom stereocenters. The molecule has 0 aliphatic rings. The number of hydrogen-bond donors (Lipinski definition) is 0. The summed E-state index contributed by atoms with van der Waals surface area (Å²) in [5, 5.41) is 0. The Morgan fingerprint density at radius 3 is 1.78 bits per heavy atom. The molecule has 0 bridgehead atoms. The summed E-state index contributed by atoms with van der Waals surface area (Å²) in [6, 6.07) is 7.41. The van der Waals surface area contributed by atoms with Crippen LogP contribution in [0.15, 0.2) is 30.3 Å². The van der Waals surface area contributed by atoms with E-state index in [0.29, 0.717) is 5.56 Å². The van der Waals surface area contributed by atoms with E-state index in [4.69, 9.17) is 23.2 Å². The maximum absolute atomic E-state index is 13.7. The summed E-state index contributed by atoms with van der Waals surface area (Å²) in [6.07, 6.45) is -5.02. The van der Waals surface area contributed by atoms with Gasteiger partial charge < -0.3 is 0 Å². The zero-order valence-corrected chi connectivity index (χ0v) is 13.2. The van der Waals surface area contributed by atoms with Crippen LogP contribution in [0.4, 0.5) is 35.1 Å². The molecule has 0 aliphatic heterocycles. The van der Waals surface area contributed by atoms with E-state index < -0.39 is 33.6 Å². The predicted molar refractivity (Wildman–Crippen MR) is 73.0 cm³/mol. The molecule has 0 aromatic heterocycles. The second kappa shape index (κ2) is 6.84. The Labute approximate surface area is 140 Å². The van der Waals surface area contributed by atoms with Gasteiger partial charge in [0.2, 0.25) is 3.67 Å². The standard InChI is InChI=1S/C12H8Cl2F8S/c13-12(14,23-6-7-4-2-1-3-5-7)11(21,22)10(19,20)9(17,18)8(15)16/h1-5,8H,6H2. The van der Waals surface area contributed by atoms with Gasteiger partial charge in [-0.3, -0.25) is 0 Å². The second-order valence-corrected chi connectivity index (χ2v) is 7.33. The molecule has 0 fully saturated rings. The number of hydrogen-bond acceptors (Lipinski definition) is 1. The first-order valence-corrected chi connectivity index (χ1v) is 7.49. The van der Waals surface area contributed by atoms with Crippen molar-refractivity contribution in [2.24, 2.45) is 0 Å². The summed E-state index contributed by atoms with van der Waals surface area (Å²) >= 11 is 10.0. The highest BCUT2D eigenvalue weighted by molar-refractivity contribution is 8.02. The van der Waals surface area contributed by atoms with E-state index in [2.05, 4.69) is 0 Å². The van der Waals surface area contributed by atoms with Gasteiger partial charge in [0.25, 0.3) is 0 Å². The minimum absolute atomic E-state index is 0.184. The molecule has 0 N–H and O–H groups in total. The Kier molecular flexibility index (Phi) is 6.13. The highest BCUT2D eigenvalue weighted by Gasteiger charge is 2.81. The molecule has 23 heavy (non-hydrogen) atoms. The van der Waals surface area contributed by atoms with Crippen LogP contribution in [0.2, 0.25) is 0 Å². The average Bonchev–Trinajstić information content (AvgIpc) is 2.45. The average molecular weight is 407 g/mol. The Morgan fingerprint density at radius 1 is 0.870 bits per heavy atom. The van der Waals surface area contributed by atoms with E-state index in [0.717, 1.165) is 0 Å². The first kappa shape index (κ1) is 20.6. The van der Waals surface area contributed by atoms with Crippen LogP contribution < -0.4 is 0 Å². The van der Waals surface area contributed by atoms with Crippen molar-refractivity contribution in [1.29, 1.82) is 0 Å². The molecule has 0 radical (unpaired) electrons. The number of alkyl halides is 10. The lowest BCUT2D eigenvalue weighted by Gasteiger charge is -2.37. The molecule has 11 heteroatoms. The van der Waals surface area contributed by atoms with Crippen molar-refractivity contribution in [3.8, 4) is 0 Å². The smallest absolute Gasteiger partial charge is 0.203 e. The van der Waals surface area contributed by atoms with Crippen LogP contribution in [-0.2, 0) is 5.75 Å². The first-order chi connectivity index (χ1) is 10.3. The lowest BCUT2D eigenvalue weighted by molar-refractivity contribution is -0.336. The van der Waals surface area contributed by atoms with Crippen molar-refractivity contribution >= 4 is 35.0 Å². The molecular formula is C12H8Cl2F8S. The van der Waals surface area contributed by atoms with Gasteiger partial charge in [0.15, 0.2) is 0 Å². The monoisotopic (exact) mass is 406 g/mol. The summed E-state index contributed by atoms with van der Waals surface area (Å²) in [6.45, 7) is 0. The molecule has 0 heterocycles. The fourth-order valence-corrected chi connectivity index (χ4v) is 2.78. The number of benzene rings is 1. The fraction of sp³-hybridized carbons (Fsp3) is 0.500. The van der Waals surface area contributed by atoms with Gasteiger partial charge in [0.1, 0.15) is 0 Å². The molecule has 1 rings (SSSR count). The van der Waals surface area contributed by atoms with Gasteiger partial charge in [-0.05, 0) is 5.56 Å². The first-order valence-electron chi connectivity index (χ1n) is 5.74. The summed E-state index contributed by atoms with van der Waals surface area (Å²) in [7, 11) is 0. The van der Waals surface area contributed by atoms with Crippen molar-refractivity contribution in [1.82, 2.24) is 0 Å². The highest BCUT2D eigenvalue weighted by atomic mass is 35.5. The van der Waals surface area contributed by atoms with Crippen LogP contribution in [0.25, 0.3) is 0 Å². The molecule has 132 valence electrons. The zero-order chi connectivity index (χ0) is 18.1. The van der Waals surface area contributed by atoms with Crippen LogP contribution in [0.5, 0.6) is 0 Å². The third-order valence-electron chi connectivity index (χ3n) is 2.72. The molecular weight excluding hydrogens is 399 g/mol. The third-order valence-corrected chi connectivity index (χ3v) is 4.94. The van der Waals surface area contributed by atoms with E-state index in [9.17, 15) is 35.1 Å². The molecule has 0 saturated carbocycles. The van der Waals surface area contributed by atoms with Crippen LogP contribution >= 0.6 is 35.0 Å². The summed E-state index contributed by atoms with van der Waals surface area (Å²) in [5.41, 5.74) is 0.336. The molecule has 1 aromatic carbocycles. The van der Waals surface area contributed by atoms with Gasteiger partial charge >= 0.3 is 24.2 Å². The van der Waals surface area contributed by atoms with Gasteiger partial charge in [-0.1, -0.05) is 53.5 Å². The van der Waals surface area contributed by atoms with Gasteiger partial charge in [0.05, 0.1) is 0 Å². The van der Waals surface area contributed by atoms with Gasteiger partial charge in [-0.15, -0.1) is 11.8 Å². The lowest BCUT2D eigenvalue weighted by Crippen LogP contribution is -2.62. The normalized spacial score (nSPS) is 14.4. The Hall–Kier alpha value is -0.410. The lowest BCUT2D eigenvalue weighted by atomic mass is 10.1. The Bertz CT molecular complexity index is 521. The molecule has 0 aliphatic carbocycles. The third kappa shape index (κ3) is 3.82. The molecule has 0 saturated heterocycles. The highest BCUT2D eigenvalue weighted by Crippen LogP contribution is 2.59. The molecule has 0 spiro atoms. The Morgan fingerprint density at radius 2 is 1.35 bits per heavy atom. The zero-order valence-electron chi connectivity index (χ0n) is 10.9. The number of rotatable bonds is 7. The van der Waals surface area contributed by atoms with E-state index in [1.54, 1.807) is 6.07 Å². The molecule has 0 nitrogen and oxygen atoms in total. The summed E-state index contributed by atoms with van der Waals surface area (Å²) in [5.74, 6) is -19.0. The largest absolute Gasteiger partial charge is 0.381 e. The maximum atomic E-state index is 13.7. The van der Waals surface area contributed by atoms with Gasteiger partial charge in [-0.2, -0.15) is 26.3 Å². The summed E-state index contributed by atoms with van der Waals surface area (Å²) in [4.78, 5) is 0. The minimum Gasteiger partial charge on any atom is -0.203 e. The second-order valence-electron chi connectivity index (χ2n) is 4.36. The predicted octanol–water partition coefficient (Wildman–Crippen LogP) is 6.22. The molecule has 0 unspecified atom stereocenters. The van der Waals surface area contributed by atoms with E-state index in [-0.39, 0.29) is 11.8 Å². The molecule has 0 amide bonds. The van der Waals surface area contributed by atoms with Crippen LogP contribution in [0.1, 0.15) is 5.56 Å². The molecule has 1 aromatic rings. The SMILES string of the molecule is FC(F)C(F)(F)C(F)(F)C(F)(F)C(Cl)(Cl)SCc1ccccc1. The van der Waals surface area contributed by atoms with E-state index in [1.807, 2.05) is 0 Å². The fourth-order valence-electron chi connectivity index (χ4n) is 1.37. The Balaban J connectivity index is 3.04. The van der Waals surface area contributed by atoms with E-state index in [1.165, 1.54) is 24.3 Å². The van der Waals surface area contributed by atoms with Gasteiger partial charge in [-0.25, -0.2) is 8.78 Å². The topological polar surface area (TPSA) is 0 Å². The van der Waals surface area contributed by atoms with Crippen molar-refractivity contribution in [2.75, 3.05) is 0 Å². The van der Waals surface area contributed by atoms with Crippen LogP contribution in [0, 0.1) is 0 Å². The van der Waals surface area contributed by atoms with Crippen molar-refractivity contribution in [3.63, 3.8) is 0 Å². The van der Waals surface area contributed by atoms with Crippen molar-refractivity contribution in [2.45, 2.75) is 33.6 Å². The maximum Gasteiger partial charge on any atom is 0.381 e. The quantitative estimate of drug-likeness (QED) is 0.382. The van der Waals surface area contributed by atoms with Crippen molar-refractivity contribution < 1.29 is 35.1 Å². The van der Waals surface area contributed by atoms with Crippen LogP contribution in [0.3, 0.4) is 0 Å². The summed E-state index contributed by atoms with van der Waals surface area (Å²) < 4.78 is 99.9.